The largest absolute Gasteiger partial charge is 0.497 e. The van der Waals surface area contributed by atoms with Crippen molar-refractivity contribution in [1.82, 2.24) is 15.5 Å². The number of esters is 1. The summed E-state index contributed by atoms with van der Waals surface area (Å²) in [7, 11) is 2.74. The van der Waals surface area contributed by atoms with Gasteiger partial charge in [0.05, 0.1) is 20.8 Å². The van der Waals surface area contributed by atoms with Crippen LogP contribution in [0.2, 0.25) is 0 Å². The Kier molecular flexibility index (Phi) is 6.57. The number of carbonyl (C=O) groups excluding carboxylic acids is 4. The molecule has 3 rings (SSSR count). The van der Waals surface area contributed by atoms with Gasteiger partial charge in [-0.15, -0.1) is 0 Å². The molecule has 160 valence electrons. The van der Waals surface area contributed by atoms with Gasteiger partial charge in [0.2, 0.25) is 12.2 Å². The lowest BCUT2D eigenvalue weighted by Gasteiger charge is -2.20. The molecule has 31 heavy (non-hydrogen) atoms. The highest BCUT2D eigenvalue weighted by Gasteiger charge is 2.29. The van der Waals surface area contributed by atoms with Crippen molar-refractivity contribution in [1.29, 1.82) is 0 Å². The van der Waals surface area contributed by atoms with Crippen molar-refractivity contribution in [2.24, 2.45) is 0 Å². The summed E-state index contributed by atoms with van der Waals surface area (Å²) in [5, 5.41) is 4.49. The van der Waals surface area contributed by atoms with Gasteiger partial charge >= 0.3 is 12.0 Å². The second-order valence-electron chi connectivity index (χ2n) is 6.42. The minimum absolute atomic E-state index is 0.0193. The Hall–Kier alpha value is -4.26. The van der Waals surface area contributed by atoms with Gasteiger partial charge in [0, 0.05) is 12.1 Å². The lowest BCUT2D eigenvalue weighted by molar-refractivity contribution is -0.108. The first-order valence-electron chi connectivity index (χ1n) is 9.11. The lowest BCUT2D eigenvalue weighted by Crippen LogP contribution is -2.46. The molecule has 2 aromatic rings. The van der Waals surface area contributed by atoms with E-state index in [1.807, 2.05) is 5.32 Å². The smallest absolute Gasteiger partial charge is 0.374 e. The van der Waals surface area contributed by atoms with Crippen LogP contribution < -0.4 is 15.4 Å². The summed E-state index contributed by atoms with van der Waals surface area (Å²) in [6.45, 7) is 0.389. The van der Waals surface area contributed by atoms with E-state index in [0.29, 0.717) is 17.9 Å². The second kappa shape index (κ2) is 9.49. The molecule has 1 aromatic heterocycles. The highest BCUT2D eigenvalue weighted by Crippen LogP contribution is 2.26. The highest BCUT2D eigenvalue weighted by molar-refractivity contribution is 5.98. The number of imide groups is 1. The summed E-state index contributed by atoms with van der Waals surface area (Å²) in [6.07, 6.45) is 0.234. The number of methoxy groups -OCH3 is 2. The van der Waals surface area contributed by atoms with Crippen molar-refractivity contribution in [3.8, 4) is 17.6 Å². The van der Waals surface area contributed by atoms with E-state index in [1.165, 1.54) is 31.3 Å². The summed E-state index contributed by atoms with van der Waals surface area (Å²) in [5.41, 5.74) is 1.33. The van der Waals surface area contributed by atoms with Crippen LogP contribution in [0.4, 0.5) is 4.79 Å². The third-order valence-electron chi connectivity index (χ3n) is 4.46. The quantitative estimate of drug-likeness (QED) is 0.400. The van der Waals surface area contributed by atoms with Crippen LogP contribution >= 0.6 is 0 Å². The van der Waals surface area contributed by atoms with Gasteiger partial charge < -0.3 is 24.1 Å². The number of benzene rings is 1. The predicted molar refractivity (Wildman–Crippen MR) is 106 cm³/mol. The van der Waals surface area contributed by atoms with E-state index in [0.717, 1.165) is 5.56 Å². The second-order valence-corrected chi connectivity index (χ2v) is 6.42. The number of hydrogen-bond acceptors (Lipinski definition) is 7. The molecule has 4 amide bonds. The molecule has 0 aliphatic carbocycles. The van der Waals surface area contributed by atoms with Gasteiger partial charge in [0.25, 0.3) is 5.91 Å². The molecule has 0 spiro atoms. The zero-order valence-electron chi connectivity index (χ0n) is 16.8. The van der Waals surface area contributed by atoms with E-state index in [2.05, 4.69) is 21.9 Å². The average Bonchev–Trinajstić information content (AvgIpc) is 3.36. The molecule has 0 unspecified atom stereocenters. The Morgan fingerprint density at radius 1 is 1.29 bits per heavy atom. The number of carbonyl (C=O) groups is 4. The number of amides is 4. The SMILES string of the molecule is COC(=O)c1ccc(C#C[C@H](CN2Cc3ccc(OC)cc3C2=O)NC(=O)NC=O)o1. The van der Waals surface area contributed by atoms with E-state index >= 15 is 0 Å². The Bertz CT molecular complexity index is 1080. The number of furan rings is 1. The number of nitrogens with zero attached hydrogens (tertiary/aromatic N) is 1. The van der Waals surface area contributed by atoms with Crippen LogP contribution in [-0.2, 0) is 16.1 Å². The maximum absolute atomic E-state index is 12.8. The van der Waals surface area contributed by atoms with Gasteiger partial charge in [0.1, 0.15) is 11.8 Å². The summed E-state index contributed by atoms with van der Waals surface area (Å²) >= 11 is 0. The molecule has 10 nitrogen and oxygen atoms in total. The van der Waals surface area contributed by atoms with Crippen molar-refractivity contribution in [3.05, 3.63) is 53.0 Å². The molecule has 0 bridgehead atoms. The fourth-order valence-electron chi connectivity index (χ4n) is 2.99. The van der Waals surface area contributed by atoms with Crippen molar-refractivity contribution in [2.75, 3.05) is 20.8 Å². The van der Waals surface area contributed by atoms with Gasteiger partial charge in [-0.05, 0) is 35.7 Å². The van der Waals surface area contributed by atoms with E-state index in [4.69, 9.17) is 9.15 Å². The number of ether oxygens (including phenoxy) is 2. The van der Waals surface area contributed by atoms with Crippen LogP contribution in [-0.4, -0.2) is 56.0 Å². The van der Waals surface area contributed by atoms with Gasteiger partial charge in [-0.25, -0.2) is 9.59 Å². The Labute approximate surface area is 177 Å². The van der Waals surface area contributed by atoms with Gasteiger partial charge in [0.15, 0.2) is 5.76 Å². The van der Waals surface area contributed by atoms with Gasteiger partial charge in [-0.1, -0.05) is 12.0 Å². The molecule has 0 fully saturated rings. The molecule has 1 aliphatic heterocycles. The first-order valence-corrected chi connectivity index (χ1v) is 9.11. The summed E-state index contributed by atoms with van der Waals surface area (Å²) in [6, 6.07) is 6.51. The highest BCUT2D eigenvalue weighted by atomic mass is 16.5. The third-order valence-corrected chi connectivity index (χ3v) is 4.46. The molecule has 1 aliphatic rings. The lowest BCUT2D eigenvalue weighted by atomic mass is 10.1. The van der Waals surface area contributed by atoms with Crippen LogP contribution in [0.15, 0.2) is 34.7 Å². The number of hydrogen-bond donors (Lipinski definition) is 2. The molecule has 2 N–H and O–H groups in total. The van der Waals surface area contributed by atoms with Crippen molar-refractivity contribution in [2.45, 2.75) is 12.6 Å². The van der Waals surface area contributed by atoms with Crippen LogP contribution in [0.3, 0.4) is 0 Å². The summed E-state index contributed by atoms with van der Waals surface area (Å²) in [4.78, 5) is 48.1. The van der Waals surface area contributed by atoms with E-state index < -0.39 is 18.0 Å². The zero-order chi connectivity index (χ0) is 22.4. The molecule has 0 saturated carbocycles. The monoisotopic (exact) mass is 425 g/mol. The first kappa shape index (κ1) is 21.4. The fourth-order valence-corrected chi connectivity index (χ4v) is 2.99. The topological polar surface area (TPSA) is 127 Å². The standard InChI is InChI=1S/C21H19N3O7/c1-29-16-5-3-13-10-24(19(26)17(13)9-16)11-14(23-21(28)22-12-25)4-6-15-7-8-18(31-15)20(27)30-2/h3,5,7-9,12,14H,10-11H2,1-2H3,(H2,22,23,25,28)/t14-/m1/s1. The molecule has 1 atom stereocenters. The maximum atomic E-state index is 12.8. The van der Waals surface area contributed by atoms with Crippen molar-refractivity contribution in [3.63, 3.8) is 0 Å². The van der Waals surface area contributed by atoms with Crippen LogP contribution in [0.25, 0.3) is 0 Å². The predicted octanol–water partition coefficient (Wildman–Crippen LogP) is 0.906. The molecule has 2 heterocycles. The first-order chi connectivity index (χ1) is 14.9. The Balaban J connectivity index is 1.78. The Morgan fingerprint density at radius 3 is 2.81 bits per heavy atom. The molecular formula is C21H19N3O7. The zero-order valence-corrected chi connectivity index (χ0v) is 16.8. The molecule has 0 saturated heterocycles. The van der Waals surface area contributed by atoms with Gasteiger partial charge in [-0.3, -0.25) is 14.9 Å². The number of fused-ring (bicyclic) bond motifs is 1. The fraction of sp³-hybridized carbons (Fsp3) is 0.238. The molecule has 0 radical (unpaired) electrons. The maximum Gasteiger partial charge on any atom is 0.374 e. The number of urea groups is 1. The molecule has 1 aromatic carbocycles. The van der Waals surface area contributed by atoms with Gasteiger partial charge in [-0.2, -0.15) is 0 Å². The third kappa shape index (κ3) is 5.02. The van der Waals surface area contributed by atoms with E-state index in [9.17, 15) is 19.2 Å². The minimum atomic E-state index is -0.827. The van der Waals surface area contributed by atoms with Crippen LogP contribution in [0.1, 0.15) is 32.2 Å². The normalized spacial score (nSPS) is 12.8. The van der Waals surface area contributed by atoms with Crippen molar-refractivity contribution >= 4 is 24.3 Å². The molecule has 10 heteroatoms. The minimum Gasteiger partial charge on any atom is -0.497 e. The molecular weight excluding hydrogens is 406 g/mol. The number of nitrogens with one attached hydrogen (secondary N) is 2. The van der Waals surface area contributed by atoms with E-state index in [-0.39, 0.29) is 30.4 Å². The average molecular weight is 425 g/mol. The summed E-state index contributed by atoms with van der Waals surface area (Å²) < 4.78 is 15.0. The van der Waals surface area contributed by atoms with Crippen LogP contribution in [0.5, 0.6) is 5.75 Å². The summed E-state index contributed by atoms with van der Waals surface area (Å²) in [5.74, 6) is 5.33. The number of rotatable bonds is 6. The Morgan fingerprint density at radius 2 is 2.10 bits per heavy atom. The van der Waals surface area contributed by atoms with Crippen molar-refractivity contribution < 1.29 is 33.1 Å². The van der Waals surface area contributed by atoms with Crippen LogP contribution in [0, 0.1) is 11.8 Å². The van der Waals surface area contributed by atoms with E-state index in [1.54, 1.807) is 18.2 Å².